The summed E-state index contributed by atoms with van der Waals surface area (Å²) in [6.45, 7) is 6.75. The molecule has 2 unspecified atom stereocenters. The number of hydrogen-bond acceptors (Lipinski definition) is 3. The largest absolute Gasteiger partial charge is 0.478 e. The molecule has 21 heavy (non-hydrogen) atoms. The highest BCUT2D eigenvalue weighted by Crippen LogP contribution is 2.26. The fourth-order valence-electron chi connectivity index (χ4n) is 3.70. The Balaban J connectivity index is 1.64. The molecule has 4 nitrogen and oxygen atoms in total. The van der Waals surface area contributed by atoms with E-state index >= 15 is 0 Å². The minimum absolute atomic E-state index is 0.385. The molecule has 2 saturated heterocycles. The topological polar surface area (TPSA) is 43.8 Å². The summed E-state index contributed by atoms with van der Waals surface area (Å²) in [4.78, 5) is 16.2. The maximum Gasteiger partial charge on any atom is 0.335 e. The van der Waals surface area contributed by atoms with Crippen LogP contribution in [0.5, 0.6) is 0 Å². The molecule has 0 aromatic heterocycles. The average molecular weight is 288 g/mol. The number of benzene rings is 1. The van der Waals surface area contributed by atoms with Crippen LogP contribution in [0.15, 0.2) is 24.3 Å². The molecule has 114 valence electrons. The van der Waals surface area contributed by atoms with Crippen LogP contribution in [0.4, 0.5) is 0 Å². The van der Waals surface area contributed by atoms with Crippen LogP contribution in [-0.2, 0) is 6.54 Å². The maximum absolute atomic E-state index is 11.1. The number of aromatic carboxylic acids is 1. The van der Waals surface area contributed by atoms with E-state index in [9.17, 15) is 4.79 Å². The van der Waals surface area contributed by atoms with Crippen LogP contribution < -0.4 is 0 Å². The van der Waals surface area contributed by atoms with Crippen molar-refractivity contribution in [1.29, 1.82) is 0 Å². The van der Waals surface area contributed by atoms with Crippen LogP contribution in [0.25, 0.3) is 0 Å². The Labute approximate surface area is 126 Å². The van der Waals surface area contributed by atoms with Gasteiger partial charge in [-0.05, 0) is 57.0 Å². The van der Waals surface area contributed by atoms with Gasteiger partial charge in [0.15, 0.2) is 0 Å². The highest BCUT2D eigenvalue weighted by molar-refractivity contribution is 5.87. The molecule has 3 rings (SSSR count). The average Bonchev–Trinajstić information content (AvgIpc) is 3.10. The summed E-state index contributed by atoms with van der Waals surface area (Å²) < 4.78 is 0. The van der Waals surface area contributed by atoms with E-state index in [-0.39, 0.29) is 0 Å². The molecule has 0 bridgehead atoms. The van der Waals surface area contributed by atoms with Gasteiger partial charge >= 0.3 is 5.97 Å². The lowest BCUT2D eigenvalue weighted by atomic mass is 10.1. The van der Waals surface area contributed by atoms with Crippen molar-refractivity contribution in [2.24, 2.45) is 0 Å². The van der Waals surface area contributed by atoms with Crippen molar-refractivity contribution in [2.75, 3.05) is 19.6 Å². The van der Waals surface area contributed by atoms with Crippen molar-refractivity contribution in [3.05, 3.63) is 35.4 Å². The molecule has 0 saturated carbocycles. The standard InChI is InChI=1S/C17H24N2O2/c1-13-9-16(18-7-2-3-8-18)12-19(13)11-14-5-4-6-15(10-14)17(20)21/h4-6,10,13,16H,2-3,7-9,11-12H2,1H3,(H,20,21). The Morgan fingerprint density at radius 3 is 2.81 bits per heavy atom. The van der Waals surface area contributed by atoms with Crippen molar-refractivity contribution < 1.29 is 9.90 Å². The fraction of sp³-hybridized carbons (Fsp3) is 0.588. The zero-order valence-corrected chi connectivity index (χ0v) is 12.7. The Morgan fingerprint density at radius 2 is 2.10 bits per heavy atom. The third-order valence-corrected chi connectivity index (χ3v) is 4.90. The third kappa shape index (κ3) is 3.27. The van der Waals surface area contributed by atoms with Gasteiger partial charge in [-0.1, -0.05) is 12.1 Å². The fourth-order valence-corrected chi connectivity index (χ4v) is 3.70. The highest BCUT2D eigenvalue weighted by atomic mass is 16.4. The van der Waals surface area contributed by atoms with Gasteiger partial charge in [-0.2, -0.15) is 0 Å². The highest BCUT2D eigenvalue weighted by Gasteiger charge is 2.33. The minimum Gasteiger partial charge on any atom is -0.478 e. The van der Waals surface area contributed by atoms with Crippen LogP contribution in [-0.4, -0.2) is 52.6 Å². The quantitative estimate of drug-likeness (QED) is 0.924. The van der Waals surface area contributed by atoms with Crippen molar-refractivity contribution in [1.82, 2.24) is 9.80 Å². The third-order valence-electron chi connectivity index (χ3n) is 4.90. The number of hydrogen-bond donors (Lipinski definition) is 1. The van der Waals surface area contributed by atoms with Crippen molar-refractivity contribution in [3.63, 3.8) is 0 Å². The summed E-state index contributed by atoms with van der Waals surface area (Å²) in [5, 5.41) is 9.09. The zero-order valence-electron chi connectivity index (χ0n) is 12.7. The van der Waals surface area contributed by atoms with Crippen molar-refractivity contribution >= 4 is 5.97 Å². The normalized spacial score (nSPS) is 27.3. The molecular weight excluding hydrogens is 264 g/mol. The first-order valence-corrected chi connectivity index (χ1v) is 7.94. The summed E-state index contributed by atoms with van der Waals surface area (Å²) in [5.41, 5.74) is 1.49. The van der Waals surface area contributed by atoms with Crippen LogP contribution in [0.3, 0.4) is 0 Å². The monoisotopic (exact) mass is 288 g/mol. The molecular formula is C17H24N2O2. The lowest BCUT2D eigenvalue weighted by molar-refractivity contribution is 0.0696. The van der Waals surface area contributed by atoms with Gasteiger partial charge in [0.05, 0.1) is 5.56 Å². The second-order valence-corrected chi connectivity index (χ2v) is 6.42. The Bertz CT molecular complexity index is 511. The zero-order chi connectivity index (χ0) is 14.8. The van der Waals surface area contributed by atoms with E-state index in [0.29, 0.717) is 17.6 Å². The smallest absolute Gasteiger partial charge is 0.335 e. The van der Waals surface area contributed by atoms with E-state index in [1.54, 1.807) is 12.1 Å². The van der Waals surface area contributed by atoms with E-state index < -0.39 is 5.97 Å². The van der Waals surface area contributed by atoms with E-state index in [4.69, 9.17) is 5.11 Å². The number of nitrogens with zero attached hydrogens (tertiary/aromatic N) is 2. The number of carboxylic acids is 1. The SMILES string of the molecule is CC1CC(N2CCCC2)CN1Cc1cccc(C(=O)O)c1. The van der Waals surface area contributed by atoms with Gasteiger partial charge in [0.25, 0.3) is 0 Å². The van der Waals surface area contributed by atoms with Gasteiger partial charge in [0.2, 0.25) is 0 Å². The van der Waals surface area contributed by atoms with Gasteiger partial charge in [-0.15, -0.1) is 0 Å². The molecule has 1 aromatic rings. The maximum atomic E-state index is 11.1. The molecule has 4 heteroatoms. The second-order valence-electron chi connectivity index (χ2n) is 6.42. The predicted octanol–water partition coefficient (Wildman–Crippen LogP) is 2.44. The molecule has 2 heterocycles. The first-order valence-electron chi connectivity index (χ1n) is 7.94. The molecule has 2 fully saturated rings. The summed E-state index contributed by atoms with van der Waals surface area (Å²) in [6.07, 6.45) is 3.91. The molecule has 0 aliphatic carbocycles. The number of likely N-dealkylation sites (tertiary alicyclic amines) is 2. The first kappa shape index (κ1) is 14.5. The first-order chi connectivity index (χ1) is 10.1. The number of carbonyl (C=O) groups is 1. The predicted molar refractivity (Wildman–Crippen MR) is 82.5 cm³/mol. The summed E-state index contributed by atoms with van der Waals surface area (Å²) in [5.74, 6) is -0.846. The summed E-state index contributed by atoms with van der Waals surface area (Å²) in [6, 6.07) is 8.60. The van der Waals surface area contributed by atoms with Crippen molar-refractivity contribution in [2.45, 2.75) is 44.8 Å². The Morgan fingerprint density at radius 1 is 1.33 bits per heavy atom. The van der Waals surface area contributed by atoms with Gasteiger partial charge < -0.3 is 5.11 Å². The van der Waals surface area contributed by atoms with E-state index in [1.165, 1.54) is 32.4 Å². The second kappa shape index (κ2) is 6.16. The van der Waals surface area contributed by atoms with Crippen LogP contribution in [0, 0.1) is 0 Å². The Kier molecular flexibility index (Phi) is 4.27. The molecule has 2 atom stereocenters. The van der Waals surface area contributed by atoms with Gasteiger partial charge in [-0.3, -0.25) is 9.80 Å². The summed E-state index contributed by atoms with van der Waals surface area (Å²) in [7, 11) is 0. The van der Waals surface area contributed by atoms with E-state index in [0.717, 1.165) is 18.7 Å². The lowest BCUT2D eigenvalue weighted by Crippen LogP contribution is -2.35. The van der Waals surface area contributed by atoms with Crippen LogP contribution in [0.1, 0.15) is 42.1 Å². The molecule has 1 N–H and O–H groups in total. The Hall–Kier alpha value is -1.39. The molecule has 2 aliphatic heterocycles. The van der Waals surface area contributed by atoms with E-state index in [2.05, 4.69) is 16.7 Å². The van der Waals surface area contributed by atoms with Gasteiger partial charge in [-0.25, -0.2) is 4.79 Å². The minimum atomic E-state index is -0.846. The van der Waals surface area contributed by atoms with Crippen molar-refractivity contribution in [3.8, 4) is 0 Å². The van der Waals surface area contributed by atoms with Crippen LogP contribution in [0.2, 0.25) is 0 Å². The van der Waals surface area contributed by atoms with Gasteiger partial charge in [0.1, 0.15) is 0 Å². The van der Waals surface area contributed by atoms with Gasteiger partial charge in [0, 0.05) is 25.2 Å². The molecule has 2 aliphatic rings. The number of rotatable bonds is 4. The molecule has 1 aromatic carbocycles. The molecule has 0 amide bonds. The molecule has 0 radical (unpaired) electrons. The molecule has 0 spiro atoms. The summed E-state index contributed by atoms with van der Waals surface area (Å²) >= 11 is 0. The van der Waals surface area contributed by atoms with Crippen LogP contribution >= 0.6 is 0 Å². The van der Waals surface area contributed by atoms with E-state index in [1.807, 2.05) is 12.1 Å². The lowest BCUT2D eigenvalue weighted by Gasteiger charge is -2.24. The number of carboxylic acid groups (broad SMARTS) is 1.